The first-order valence-corrected chi connectivity index (χ1v) is 6.90. The van der Waals surface area contributed by atoms with Crippen molar-refractivity contribution in [3.05, 3.63) is 20.8 Å². The summed E-state index contributed by atoms with van der Waals surface area (Å²) in [6.07, 6.45) is 2.27. The van der Waals surface area contributed by atoms with Crippen LogP contribution >= 0.6 is 27.3 Å². The molecule has 1 aromatic rings. The lowest BCUT2D eigenvalue weighted by Gasteiger charge is -2.35. The van der Waals surface area contributed by atoms with Crippen LogP contribution in [0.2, 0.25) is 0 Å². The zero-order valence-electron chi connectivity index (χ0n) is 8.79. The first-order chi connectivity index (χ1) is 7.10. The number of halogens is 1. The van der Waals surface area contributed by atoms with E-state index in [1.165, 1.54) is 0 Å². The summed E-state index contributed by atoms with van der Waals surface area (Å²) in [5, 5.41) is 13.9. The Labute approximate surface area is 103 Å². The number of hydrogen-bond acceptors (Lipinski definition) is 3. The molecule has 2 nitrogen and oxygen atoms in total. The molecule has 15 heavy (non-hydrogen) atoms. The summed E-state index contributed by atoms with van der Waals surface area (Å²) < 4.78 is 1.08. The maximum absolute atomic E-state index is 10.6. The van der Waals surface area contributed by atoms with Crippen LogP contribution in [0.1, 0.15) is 24.6 Å². The molecule has 2 atom stereocenters. The summed E-state index contributed by atoms with van der Waals surface area (Å²) in [4.78, 5) is 1.06. The molecular formula is C11H16BrNOS. The van der Waals surface area contributed by atoms with E-state index in [1.807, 2.05) is 19.1 Å². The van der Waals surface area contributed by atoms with Crippen LogP contribution in [0.4, 0.5) is 0 Å². The topological polar surface area (TPSA) is 32.3 Å². The maximum Gasteiger partial charge on any atom is 0.1000 e. The first kappa shape index (κ1) is 11.6. The maximum atomic E-state index is 10.6. The van der Waals surface area contributed by atoms with Gasteiger partial charge in [-0.3, -0.25) is 0 Å². The molecule has 0 amide bonds. The SMILES string of the molecule is CC(O)(c1ccc(Br)s1)C1CCCNC1. The molecule has 2 N–H and O–H groups in total. The molecule has 4 heteroatoms. The second-order valence-corrected chi connectivity index (χ2v) is 6.76. The van der Waals surface area contributed by atoms with Gasteiger partial charge in [-0.2, -0.15) is 0 Å². The Morgan fingerprint density at radius 1 is 1.60 bits per heavy atom. The quantitative estimate of drug-likeness (QED) is 0.878. The lowest BCUT2D eigenvalue weighted by molar-refractivity contribution is -0.0123. The Hall–Kier alpha value is 0.1000. The number of aliphatic hydroxyl groups is 1. The monoisotopic (exact) mass is 289 g/mol. The van der Waals surface area contributed by atoms with Gasteiger partial charge in [-0.15, -0.1) is 11.3 Å². The predicted octanol–water partition coefficient (Wildman–Crippen LogP) is 2.72. The fraction of sp³-hybridized carbons (Fsp3) is 0.636. The molecule has 2 rings (SSSR count). The summed E-state index contributed by atoms with van der Waals surface area (Å²) >= 11 is 5.07. The number of nitrogens with one attached hydrogen (secondary N) is 1. The first-order valence-electron chi connectivity index (χ1n) is 5.29. The Morgan fingerprint density at radius 3 is 2.93 bits per heavy atom. The van der Waals surface area contributed by atoms with Crippen molar-refractivity contribution < 1.29 is 5.11 Å². The number of hydrogen-bond donors (Lipinski definition) is 2. The van der Waals surface area contributed by atoms with Gasteiger partial charge in [0.05, 0.1) is 9.39 Å². The number of thiophene rings is 1. The minimum absolute atomic E-state index is 0.330. The van der Waals surface area contributed by atoms with Crippen LogP contribution in [0, 0.1) is 5.92 Å². The van der Waals surface area contributed by atoms with Crippen molar-refractivity contribution in [1.29, 1.82) is 0 Å². The van der Waals surface area contributed by atoms with Gasteiger partial charge in [-0.25, -0.2) is 0 Å². The van der Waals surface area contributed by atoms with E-state index < -0.39 is 5.60 Å². The third-order valence-corrected chi connectivity index (χ3v) is 5.01. The minimum atomic E-state index is -0.690. The molecule has 0 saturated carbocycles. The average molecular weight is 290 g/mol. The Kier molecular flexibility index (Phi) is 3.50. The van der Waals surface area contributed by atoms with Crippen LogP contribution in [0.15, 0.2) is 15.9 Å². The third kappa shape index (κ3) is 2.44. The van der Waals surface area contributed by atoms with E-state index in [9.17, 15) is 5.11 Å². The normalized spacial score (nSPS) is 26.2. The largest absolute Gasteiger partial charge is 0.384 e. The van der Waals surface area contributed by atoms with E-state index in [2.05, 4.69) is 21.2 Å². The van der Waals surface area contributed by atoms with Crippen LogP contribution < -0.4 is 5.32 Å². The van der Waals surface area contributed by atoms with Gasteiger partial charge in [-0.05, 0) is 54.4 Å². The van der Waals surface area contributed by atoms with E-state index in [1.54, 1.807) is 11.3 Å². The molecule has 1 aromatic heterocycles. The van der Waals surface area contributed by atoms with Crippen molar-refractivity contribution in [2.45, 2.75) is 25.4 Å². The lowest BCUT2D eigenvalue weighted by atomic mass is 9.82. The summed E-state index contributed by atoms with van der Waals surface area (Å²) in [5.74, 6) is 0.330. The van der Waals surface area contributed by atoms with Gasteiger partial charge in [0.1, 0.15) is 0 Å². The highest BCUT2D eigenvalue weighted by Gasteiger charge is 2.35. The Morgan fingerprint density at radius 2 is 2.40 bits per heavy atom. The molecule has 1 aliphatic heterocycles. The second kappa shape index (κ2) is 4.53. The number of rotatable bonds is 2. The smallest absolute Gasteiger partial charge is 0.1000 e. The van der Waals surface area contributed by atoms with Crippen molar-refractivity contribution in [2.24, 2.45) is 5.92 Å². The van der Waals surface area contributed by atoms with Crippen molar-refractivity contribution >= 4 is 27.3 Å². The molecule has 2 heterocycles. The van der Waals surface area contributed by atoms with Crippen molar-refractivity contribution in [2.75, 3.05) is 13.1 Å². The molecule has 0 aliphatic carbocycles. The summed E-state index contributed by atoms with van der Waals surface area (Å²) in [6, 6.07) is 4.02. The van der Waals surface area contributed by atoms with Crippen molar-refractivity contribution in [3.63, 3.8) is 0 Å². The highest BCUT2D eigenvalue weighted by Crippen LogP contribution is 2.38. The zero-order chi connectivity index (χ0) is 10.9. The van der Waals surface area contributed by atoms with E-state index in [-0.39, 0.29) is 0 Å². The van der Waals surface area contributed by atoms with Gasteiger partial charge < -0.3 is 10.4 Å². The Bertz CT molecular complexity index is 331. The zero-order valence-corrected chi connectivity index (χ0v) is 11.2. The third-order valence-electron chi connectivity index (χ3n) is 3.16. The highest BCUT2D eigenvalue weighted by atomic mass is 79.9. The fourth-order valence-corrected chi connectivity index (χ4v) is 3.63. The molecule has 2 unspecified atom stereocenters. The predicted molar refractivity (Wildman–Crippen MR) is 67.2 cm³/mol. The fourth-order valence-electron chi connectivity index (χ4n) is 2.12. The van der Waals surface area contributed by atoms with E-state index in [0.717, 1.165) is 34.6 Å². The van der Waals surface area contributed by atoms with Crippen LogP contribution in [0.5, 0.6) is 0 Å². The molecule has 0 aromatic carbocycles. The van der Waals surface area contributed by atoms with Gasteiger partial charge in [-0.1, -0.05) is 0 Å². The molecule has 0 radical (unpaired) electrons. The van der Waals surface area contributed by atoms with Crippen molar-refractivity contribution in [3.8, 4) is 0 Å². The summed E-state index contributed by atoms with van der Waals surface area (Å²) in [6.45, 7) is 3.94. The van der Waals surface area contributed by atoms with Gasteiger partial charge in [0.15, 0.2) is 0 Å². The van der Waals surface area contributed by atoms with Gasteiger partial charge >= 0.3 is 0 Å². The molecule has 0 bridgehead atoms. The summed E-state index contributed by atoms with van der Waals surface area (Å²) in [5.41, 5.74) is -0.690. The van der Waals surface area contributed by atoms with Gasteiger partial charge in [0.25, 0.3) is 0 Å². The second-order valence-electron chi connectivity index (χ2n) is 4.29. The minimum Gasteiger partial charge on any atom is -0.384 e. The molecule has 0 spiro atoms. The van der Waals surface area contributed by atoms with Gasteiger partial charge in [0.2, 0.25) is 0 Å². The summed E-state index contributed by atoms with van der Waals surface area (Å²) in [7, 11) is 0. The molecule has 1 saturated heterocycles. The standard InChI is InChI=1S/C11H16BrNOS/c1-11(14,8-3-2-6-13-7-8)9-4-5-10(12)15-9/h4-5,8,13-14H,2-3,6-7H2,1H3. The van der Waals surface area contributed by atoms with Crippen LogP contribution in [-0.2, 0) is 5.60 Å². The highest BCUT2D eigenvalue weighted by molar-refractivity contribution is 9.11. The number of piperidine rings is 1. The molecule has 1 aliphatic rings. The van der Waals surface area contributed by atoms with E-state index >= 15 is 0 Å². The van der Waals surface area contributed by atoms with Crippen LogP contribution in [0.25, 0.3) is 0 Å². The van der Waals surface area contributed by atoms with E-state index in [0.29, 0.717) is 5.92 Å². The van der Waals surface area contributed by atoms with Crippen LogP contribution in [-0.4, -0.2) is 18.2 Å². The Balaban J connectivity index is 2.17. The molecule has 1 fully saturated rings. The molecular weight excluding hydrogens is 274 g/mol. The van der Waals surface area contributed by atoms with Gasteiger partial charge in [0, 0.05) is 17.3 Å². The lowest BCUT2D eigenvalue weighted by Crippen LogP contribution is -2.41. The van der Waals surface area contributed by atoms with Crippen LogP contribution in [0.3, 0.4) is 0 Å². The van der Waals surface area contributed by atoms with E-state index in [4.69, 9.17) is 0 Å². The van der Waals surface area contributed by atoms with Crippen molar-refractivity contribution in [1.82, 2.24) is 5.32 Å². The average Bonchev–Trinajstić information content (AvgIpc) is 2.67. The molecule has 84 valence electrons.